The van der Waals surface area contributed by atoms with Crippen LogP contribution in [-0.2, 0) is 4.79 Å². The van der Waals surface area contributed by atoms with Crippen LogP contribution in [0, 0.1) is 0 Å². The van der Waals surface area contributed by atoms with E-state index in [1.165, 1.54) is 0 Å². The number of hydrogen-bond donors (Lipinski definition) is 1. The Morgan fingerprint density at radius 2 is 1.73 bits per heavy atom. The van der Waals surface area contributed by atoms with Crippen molar-refractivity contribution in [3.63, 3.8) is 0 Å². The van der Waals surface area contributed by atoms with Crippen molar-refractivity contribution in [2.24, 2.45) is 0 Å². The summed E-state index contributed by atoms with van der Waals surface area (Å²) in [5.74, 6) is 1.59. The third kappa shape index (κ3) is 3.91. The molecule has 0 aromatic heterocycles. The van der Waals surface area contributed by atoms with Gasteiger partial charge in [-0.25, -0.2) is 0 Å². The molecule has 1 unspecified atom stereocenters. The fourth-order valence-corrected chi connectivity index (χ4v) is 1.91. The molecule has 0 aliphatic heterocycles. The first-order chi connectivity index (χ1) is 10.6. The van der Waals surface area contributed by atoms with Crippen LogP contribution in [0.3, 0.4) is 0 Å². The van der Waals surface area contributed by atoms with Crippen LogP contribution in [-0.4, -0.2) is 26.2 Å². The summed E-state index contributed by atoms with van der Waals surface area (Å²) in [6.45, 7) is 1.68. The molecule has 1 amide bonds. The lowest BCUT2D eigenvalue weighted by atomic mass is 10.2. The minimum absolute atomic E-state index is 0.257. The summed E-state index contributed by atoms with van der Waals surface area (Å²) in [7, 11) is 3.14. The van der Waals surface area contributed by atoms with E-state index in [1.807, 2.05) is 18.2 Å². The Hall–Kier alpha value is -2.69. The second kappa shape index (κ2) is 7.36. The molecular weight excluding hydrogens is 282 g/mol. The average molecular weight is 301 g/mol. The monoisotopic (exact) mass is 301 g/mol. The van der Waals surface area contributed by atoms with Gasteiger partial charge in [0.25, 0.3) is 5.91 Å². The third-order valence-corrected chi connectivity index (χ3v) is 3.09. The van der Waals surface area contributed by atoms with Gasteiger partial charge in [0.05, 0.1) is 19.9 Å². The molecule has 1 N–H and O–H groups in total. The van der Waals surface area contributed by atoms with Crippen molar-refractivity contribution in [1.29, 1.82) is 0 Å². The molecule has 0 heterocycles. The highest BCUT2D eigenvalue weighted by Crippen LogP contribution is 2.24. The van der Waals surface area contributed by atoms with Crippen LogP contribution in [0.5, 0.6) is 17.2 Å². The van der Waals surface area contributed by atoms with Gasteiger partial charge in [-0.2, -0.15) is 0 Å². The van der Waals surface area contributed by atoms with Gasteiger partial charge < -0.3 is 19.5 Å². The molecule has 0 radical (unpaired) electrons. The molecule has 1 atom stereocenters. The van der Waals surface area contributed by atoms with Crippen LogP contribution in [0.15, 0.2) is 48.5 Å². The van der Waals surface area contributed by atoms with Crippen LogP contribution in [0.4, 0.5) is 5.69 Å². The smallest absolute Gasteiger partial charge is 0.265 e. The summed E-state index contributed by atoms with van der Waals surface area (Å²) in [5, 5.41) is 2.79. The van der Waals surface area contributed by atoms with E-state index in [2.05, 4.69) is 5.32 Å². The lowest BCUT2D eigenvalue weighted by Crippen LogP contribution is -2.30. The maximum absolute atomic E-state index is 12.2. The zero-order chi connectivity index (χ0) is 15.9. The fraction of sp³-hybridized carbons (Fsp3) is 0.235. The number of methoxy groups -OCH3 is 2. The number of amides is 1. The topological polar surface area (TPSA) is 56.8 Å². The number of anilines is 1. The van der Waals surface area contributed by atoms with Gasteiger partial charge in [-0.05, 0) is 31.2 Å². The molecule has 0 aliphatic rings. The van der Waals surface area contributed by atoms with Gasteiger partial charge >= 0.3 is 0 Å². The Balaban J connectivity index is 2.02. The number of ether oxygens (including phenoxy) is 3. The lowest BCUT2D eigenvalue weighted by Gasteiger charge is -2.16. The van der Waals surface area contributed by atoms with E-state index >= 15 is 0 Å². The quantitative estimate of drug-likeness (QED) is 0.890. The highest BCUT2D eigenvalue weighted by molar-refractivity contribution is 5.95. The first-order valence-corrected chi connectivity index (χ1v) is 6.88. The molecule has 2 aromatic rings. The Morgan fingerprint density at radius 3 is 2.45 bits per heavy atom. The van der Waals surface area contributed by atoms with Gasteiger partial charge in [0.15, 0.2) is 6.10 Å². The number of benzene rings is 2. The van der Waals surface area contributed by atoms with Crippen molar-refractivity contribution >= 4 is 11.6 Å². The molecule has 5 heteroatoms. The van der Waals surface area contributed by atoms with Crippen LogP contribution >= 0.6 is 0 Å². The molecule has 0 saturated heterocycles. The highest BCUT2D eigenvalue weighted by atomic mass is 16.5. The van der Waals surface area contributed by atoms with Crippen molar-refractivity contribution in [2.45, 2.75) is 13.0 Å². The third-order valence-electron chi connectivity index (χ3n) is 3.09. The molecule has 0 bridgehead atoms. The SMILES string of the molecule is COc1cccc(OC(C)C(=O)Nc2ccccc2OC)c1. The number of hydrogen-bond acceptors (Lipinski definition) is 4. The summed E-state index contributed by atoms with van der Waals surface area (Å²) >= 11 is 0. The lowest BCUT2D eigenvalue weighted by molar-refractivity contribution is -0.122. The zero-order valence-electron chi connectivity index (χ0n) is 12.8. The maximum atomic E-state index is 12.2. The molecule has 5 nitrogen and oxygen atoms in total. The minimum atomic E-state index is -0.656. The molecule has 22 heavy (non-hydrogen) atoms. The van der Waals surface area contributed by atoms with E-state index in [-0.39, 0.29) is 5.91 Å². The molecule has 0 fully saturated rings. The van der Waals surface area contributed by atoms with Crippen molar-refractivity contribution in [2.75, 3.05) is 19.5 Å². The molecular formula is C17H19NO4. The van der Waals surface area contributed by atoms with Crippen LogP contribution in [0.2, 0.25) is 0 Å². The summed E-state index contributed by atoms with van der Waals surface area (Å²) < 4.78 is 16.0. The average Bonchev–Trinajstić information content (AvgIpc) is 2.55. The predicted molar refractivity (Wildman–Crippen MR) is 84.7 cm³/mol. The van der Waals surface area contributed by atoms with E-state index < -0.39 is 6.10 Å². The van der Waals surface area contributed by atoms with Gasteiger partial charge in [0, 0.05) is 6.07 Å². The second-order valence-corrected chi connectivity index (χ2v) is 4.63. The van der Waals surface area contributed by atoms with Crippen LogP contribution < -0.4 is 19.5 Å². The molecule has 116 valence electrons. The number of carbonyl (C=O) groups is 1. The van der Waals surface area contributed by atoms with E-state index in [9.17, 15) is 4.79 Å². The molecule has 0 aliphatic carbocycles. The minimum Gasteiger partial charge on any atom is -0.497 e. The van der Waals surface area contributed by atoms with Crippen molar-refractivity contribution in [3.8, 4) is 17.2 Å². The fourth-order valence-electron chi connectivity index (χ4n) is 1.91. The molecule has 0 saturated carbocycles. The first-order valence-electron chi connectivity index (χ1n) is 6.88. The van der Waals surface area contributed by atoms with E-state index in [1.54, 1.807) is 51.5 Å². The summed E-state index contributed by atoms with van der Waals surface area (Å²) in [6.07, 6.45) is -0.656. The number of rotatable bonds is 6. The van der Waals surface area contributed by atoms with Gasteiger partial charge in [-0.3, -0.25) is 4.79 Å². The van der Waals surface area contributed by atoms with Crippen LogP contribution in [0.1, 0.15) is 6.92 Å². The largest absolute Gasteiger partial charge is 0.497 e. The summed E-state index contributed by atoms with van der Waals surface area (Å²) in [4.78, 5) is 12.2. The molecule has 0 spiro atoms. The Labute approximate surface area is 129 Å². The van der Waals surface area contributed by atoms with Crippen molar-refractivity contribution < 1.29 is 19.0 Å². The van der Waals surface area contributed by atoms with Gasteiger partial charge in [-0.15, -0.1) is 0 Å². The second-order valence-electron chi connectivity index (χ2n) is 4.63. The highest BCUT2D eigenvalue weighted by Gasteiger charge is 2.16. The molecule has 2 aromatic carbocycles. The van der Waals surface area contributed by atoms with Gasteiger partial charge in [-0.1, -0.05) is 18.2 Å². The summed E-state index contributed by atoms with van der Waals surface area (Å²) in [5.41, 5.74) is 0.607. The van der Waals surface area contributed by atoms with Gasteiger partial charge in [0.1, 0.15) is 17.2 Å². The number of nitrogens with one attached hydrogen (secondary N) is 1. The zero-order valence-corrected chi connectivity index (χ0v) is 12.8. The Morgan fingerprint density at radius 1 is 1.00 bits per heavy atom. The van der Waals surface area contributed by atoms with Crippen molar-refractivity contribution in [3.05, 3.63) is 48.5 Å². The van der Waals surface area contributed by atoms with Crippen LogP contribution in [0.25, 0.3) is 0 Å². The normalized spacial score (nSPS) is 11.4. The van der Waals surface area contributed by atoms with E-state index in [0.29, 0.717) is 22.9 Å². The standard InChI is InChI=1S/C17H19NO4/c1-12(22-14-8-6-7-13(11-14)20-2)17(19)18-15-9-4-5-10-16(15)21-3/h4-12H,1-3H3,(H,18,19). The number of para-hydroxylation sites is 2. The number of carbonyl (C=O) groups excluding carboxylic acids is 1. The maximum Gasteiger partial charge on any atom is 0.265 e. The van der Waals surface area contributed by atoms with E-state index in [0.717, 1.165) is 0 Å². The molecule has 2 rings (SSSR count). The summed E-state index contributed by atoms with van der Waals surface area (Å²) in [6, 6.07) is 14.3. The first kappa shape index (κ1) is 15.7. The van der Waals surface area contributed by atoms with E-state index in [4.69, 9.17) is 14.2 Å². The predicted octanol–water partition coefficient (Wildman–Crippen LogP) is 3.11. The van der Waals surface area contributed by atoms with Gasteiger partial charge in [0.2, 0.25) is 0 Å². The Kier molecular flexibility index (Phi) is 5.25. The Bertz CT molecular complexity index is 642. The van der Waals surface area contributed by atoms with Crippen molar-refractivity contribution in [1.82, 2.24) is 0 Å².